The zero-order valence-electron chi connectivity index (χ0n) is 9.33. The smallest absolute Gasteiger partial charge is 0.283 e. The Morgan fingerprint density at radius 2 is 2.05 bits per heavy atom. The van der Waals surface area contributed by atoms with Gasteiger partial charge in [-0.25, -0.2) is 18.2 Å². The van der Waals surface area contributed by atoms with Gasteiger partial charge in [0.25, 0.3) is 5.91 Å². The maximum Gasteiger partial charge on any atom is 0.347 e. The third kappa shape index (κ3) is 3.09. The molecule has 2 rings (SSSR count). The molecule has 7 nitrogen and oxygen atoms in total. The Kier molecular flexibility index (Phi) is 3.54. The van der Waals surface area contributed by atoms with Crippen molar-refractivity contribution in [3.05, 3.63) is 29.3 Å². The first-order chi connectivity index (χ1) is 8.88. The Morgan fingerprint density at radius 3 is 2.68 bits per heavy atom. The Bertz CT molecular complexity index is 671. The van der Waals surface area contributed by atoms with Gasteiger partial charge in [0.15, 0.2) is 5.25 Å². The fourth-order valence-corrected chi connectivity index (χ4v) is 2.75. The van der Waals surface area contributed by atoms with Crippen LogP contribution in [0.15, 0.2) is 29.3 Å². The van der Waals surface area contributed by atoms with Crippen molar-refractivity contribution >= 4 is 45.5 Å². The van der Waals surface area contributed by atoms with E-state index in [9.17, 15) is 18.0 Å². The molecule has 0 spiro atoms. The standard InChI is InChI=1S/C10H8ClN3O4S/c11-6-2-1-3-7(4-6)14-19(17,18)8-5-12-10(16)13-9(8)15/h1-5,8,14H,(H,13,15,16). The molecule has 3 amide bonds. The van der Waals surface area contributed by atoms with Crippen molar-refractivity contribution in [2.24, 2.45) is 4.99 Å². The van der Waals surface area contributed by atoms with Gasteiger partial charge in [0.2, 0.25) is 10.0 Å². The lowest BCUT2D eigenvalue weighted by Gasteiger charge is -2.16. The first-order valence-corrected chi connectivity index (χ1v) is 6.97. The SMILES string of the molecule is O=C1N=CC(S(=O)(=O)Nc2cccc(Cl)c2)C(=O)N1. The molecule has 0 bridgehead atoms. The van der Waals surface area contributed by atoms with Crippen molar-refractivity contribution in [2.45, 2.75) is 5.25 Å². The van der Waals surface area contributed by atoms with Crippen molar-refractivity contribution < 1.29 is 18.0 Å². The molecule has 0 aliphatic carbocycles. The van der Waals surface area contributed by atoms with Gasteiger partial charge in [0.05, 0.1) is 0 Å². The number of imide groups is 1. The van der Waals surface area contributed by atoms with Crippen LogP contribution in [0.5, 0.6) is 0 Å². The fourth-order valence-electron chi connectivity index (χ4n) is 1.41. The van der Waals surface area contributed by atoms with Gasteiger partial charge in [-0.2, -0.15) is 0 Å². The first-order valence-electron chi connectivity index (χ1n) is 5.05. The largest absolute Gasteiger partial charge is 0.347 e. The van der Waals surface area contributed by atoms with Crippen LogP contribution in [0.1, 0.15) is 0 Å². The molecule has 1 aromatic carbocycles. The molecule has 1 aliphatic rings. The lowest BCUT2D eigenvalue weighted by atomic mass is 10.3. The molecule has 0 radical (unpaired) electrons. The molecule has 19 heavy (non-hydrogen) atoms. The number of aliphatic imine (C=N–C) groups is 1. The molecule has 1 aromatic rings. The molecule has 0 saturated heterocycles. The molecule has 1 heterocycles. The molecule has 2 N–H and O–H groups in total. The number of amides is 3. The van der Waals surface area contributed by atoms with E-state index >= 15 is 0 Å². The molecular formula is C10H8ClN3O4S. The van der Waals surface area contributed by atoms with Crippen LogP contribution in [0.2, 0.25) is 5.02 Å². The minimum Gasteiger partial charge on any atom is -0.283 e. The van der Waals surface area contributed by atoms with Crippen LogP contribution in [0, 0.1) is 0 Å². The third-order valence-corrected chi connectivity index (χ3v) is 3.99. The average molecular weight is 302 g/mol. The van der Waals surface area contributed by atoms with E-state index in [-0.39, 0.29) is 5.69 Å². The lowest BCUT2D eigenvalue weighted by molar-refractivity contribution is -0.118. The van der Waals surface area contributed by atoms with Gasteiger partial charge >= 0.3 is 6.03 Å². The van der Waals surface area contributed by atoms with Gasteiger partial charge in [0, 0.05) is 16.9 Å². The average Bonchev–Trinajstić information content (AvgIpc) is 2.27. The molecule has 1 aliphatic heterocycles. The highest BCUT2D eigenvalue weighted by Gasteiger charge is 2.35. The predicted octanol–water partition coefficient (Wildman–Crippen LogP) is 0.771. The van der Waals surface area contributed by atoms with Crippen LogP contribution >= 0.6 is 11.6 Å². The number of hydrogen-bond acceptors (Lipinski definition) is 4. The fraction of sp³-hybridized carbons (Fsp3) is 0.100. The second kappa shape index (κ2) is 4.98. The Hall–Kier alpha value is -1.93. The summed E-state index contributed by atoms with van der Waals surface area (Å²) in [6.45, 7) is 0. The highest BCUT2D eigenvalue weighted by molar-refractivity contribution is 7.94. The second-order valence-electron chi connectivity index (χ2n) is 3.65. The number of halogens is 1. The van der Waals surface area contributed by atoms with E-state index in [4.69, 9.17) is 11.6 Å². The number of carbonyl (C=O) groups excluding carboxylic acids is 2. The van der Waals surface area contributed by atoms with E-state index in [1.54, 1.807) is 12.1 Å². The molecule has 100 valence electrons. The summed E-state index contributed by atoms with van der Waals surface area (Å²) >= 11 is 5.72. The zero-order valence-corrected chi connectivity index (χ0v) is 10.9. The van der Waals surface area contributed by atoms with Crippen molar-refractivity contribution in [2.75, 3.05) is 4.72 Å². The number of nitrogens with one attached hydrogen (secondary N) is 2. The Morgan fingerprint density at radius 1 is 1.32 bits per heavy atom. The Balaban J connectivity index is 2.26. The number of benzene rings is 1. The molecule has 9 heteroatoms. The highest BCUT2D eigenvalue weighted by atomic mass is 35.5. The van der Waals surface area contributed by atoms with E-state index in [1.807, 2.05) is 5.32 Å². The Labute approximate surface area is 113 Å². The van der Waals surface area contributed by atoms with Crippen molar-refractivity contribution in [3.8, 4) is 0 Å². The molecule has 1 unspecified atom stereocenters. The molecular weight excluding hydrogens is 294 g/mol. The molecule has 0 aromatic heterocycles. The predicted molar refractivity (Wildman–Crippen MR) is 69.8 cm³/mol. The van der Waals surface area contributed by atoms with Crippen molar-refractivity contribution in [1.82, 2.24) is 5.32 Å². The summed E-state index contributed by atoms with van der Waals surface area (Å²) in [6, 6.07) is 5.11. The van der Waals surface area contributed by atoms with Gasteiger partial charge in [-0.1, -0.05) is 17.7 Å². The highest BCUT2D eigenvalue weighted by Crippen LogP contribution is 2.17. The van der Waals surface area contributed by atoms with Crippen LogP contribution in [0.25, 0.3) is 0 Å². The summed E-state index contributed by atoms with van der Waals surface area (Å²) < 4.78 is 26.1. The summed E-state index contributed by atoms with van der Waals surface area (Å²) in [5.41, 5.74) is 0.214. The third-order valence-electron chi connectivity index (χ3n) is 2.23. The molecule has 1 atom stereocenters. The van der Waals surface area contributed by atoms with E-state index in [2.05, 4.69) is 9.71 Å². The minimum absolute atomic E-state index is 0.214. The van der Waals surface area contributed by atoms with Crippen LogP contribution < -0.4 is 10.0 Å². The van der Waals surface area contributed by atoms with Crippen molar-refractivity contribution in [1.29, 1.82) is 0 Å². The van der Waals surface area contributed by atoms with Crippen molar-refractivity contribution in [3.63, 3.8) is 0 Å². The summed E-state index contributed by atoms with van der Waals surface area (Å²) in [5, 5.41) is 0.591. The van der Waals surface area contributed by atoms with E-state index in [0.29, 0.717) is 5.02 Å². The number of sulfonamides is 1. The number of urea groups is 1. The van der Waals surface area contributed by atoms with E-state index < -0.39 is 27.2 Å². The second-order valence-corrected chi connectivity index (χ2v) is 5.89. The quantitative estimate of drug-likeness (QED) is 0.860. The van der Waals surface area contributed by atoms with Gasteiger partial charge < -0.3 is 0 Å². The minimum atomic E-state index is -4.05. The number of rotatable bonds is 3. The van der Waals surface area contributed by atoms with Crippen LogP contribution in [0.4, 0.5) is 10.5 Å². The number of carbonyl (C=O) groups is 2. The normalized spacial score (nSPS) is 19.1. The maximum atomic E-state index is 12.0. The number of hydrogen-bond donors (Lipinski definition) is 2. The first kappa shape index (κ1) is 13.5. The van der Waals surface area contributed by atoms with Gasteiger partial charge in [-0.3, -0.25) is 14.8 Å². The van der Waals surface area contributed by atoms with Gasteiger partial charge in [0.1, 0.15) is 0 Å². The van der Waals surface area contributed by atoms with Crippen LogP contribution in [-0.4, -0.2) is 31.8 Å². The number of nitrogens with zero attached hydrogens (tertiary/aromatic N) is 1. The molecule has 0 saturated carbocycles. The topological polar surface area (TPSA) is 105 Å². The summed E-state index contributed by atoms with van der Waals surface area (Å²) in [6.07, 6.45) is 0.786. The summed E-state index contributed by atoms with van der Waals surface area (Å²) in [7, 11) is -4.05. The summed E-state index contributed by atoms with van der Waals surface area (Å²) in [4.78, 5) is 25.5. The maximum absolute atomic E-state index is 12.0. The number of anilines is 1. The van der Waals surface area contributed by atoms with Crippen LogP contribution in [-0.2, 0) is 14.8 Å². The van der Waals surface area contributed by atoms with Gasteiger partial charge in [-0.15, -0.1) is 0 Å². The van der Waals surface area contributed by atoms with E-state index in [0.717, 1.165) is 6.21 Å². The monoisotopic (exact) mass is 301 g/mol. The van der Waals surface area contributed by atoms with Crippen LogP contribution in [0.3, 0.4) is 0 Å². The zero-order chi connectivity index (χ0) is 14.0. The van der Waals surface area contributed by atoms with Gasteiger partial charge in [-0.05, 0) is 18.2 Å². The summed E-state index contributed by atoms with van der Waals surface area (Å²) in [5.74, 6) is -0.950. The lowest BCUT2D eigenvalue weighted by Crippen LogP contribution is -2.48. The molecule has 0 fully saturated rings. The van der Waals surface area contributed by atoms with E-state index in [1.165, 1.54) is 12.1 Å².